The Bertz CT molecular complexity index is 591. The van der Waals surface area contributed by atoms with Crippen molar-refractivity contribution in [2.45, 2.75) is 51.8 Å². The Morgan fingerprint density at radius 3 is 2.62 bits per heavy atom. The second-order valence-corrected chi connectivity index (χ2v) is 7.37. The predicted octanol–water partition coefficient (Wildman–Crippen LogP) is 2.62. The average Bonchev–Trinajstić information content (AvgIpc) is 2.66. The first-order chi connectivity index (χ1) is 12.4. The quantitative estimate of drug-likeness (QED) is 0.845. The van der Waals surface area contributed by atoms with E-state index in [-0.39, 0.29) is 30.6 Å². The molecule has 1 aliphatic rings. The first-order valence-corrected chi connectivity index (χ1v) is 9.38. The highest BCUT2D eigenvalue weighted by atomic mass is 16.6. The average molecular weight is 361 g/mol. The van der Waals surface area contributed by atoms with Crippen LogP contribution in [0, 0.1) is 5.92 Å². The summed E-state index contributed by atoms with van der Waals surface area (Å²) in [6, 6.07) is 9.09. The van der Waals surface area contributed by atoms with Gasteiger partial charge < -0.3 is 20.3 Å². The molecule has 26 heavy (non-hydrogen) atoms. The smallest absolute Gasteiger partial charge is 0.409 e. The minimum Gasteiger partial charge on any atom is -0.445 e. The molecule has 2 N–H and O–H groups in total. The summed E-state index contributed by atoms with van der Waals surface area (Å²) in [6.07, 6.45) is 2.54. The van der Waals surface area contributed by atoms with Gasteiger partial charge in [-0.3, -0.25) is 4.79 Å². The minimum absolute atomic E-state index is 0.00433. The van der Waals surface area contributed by atoms with Gasteiger partial charge in [0.15, 0.2) is 0 Å². The van der Waals surface area contributed by atoms with Gasteiger partial charge in [0.2, 0.25) is 5.91 Å². The second kappa shape index (κ2) is 9.57. The van der Waals surface area contributed by atoms with Crippen LogP contribution in [0.5, 0.6) is 0 Å². The van der Waals surface area contributed by atoms with Crippen LogP contribution in [0.25, 0.3) is 0 Å². The normalized spacial score (nSPS) is 18.5. The van der Waals surface area contributed by atoms with E-state index in [0.717, 1.165) is 24.8 Å². The van der Waals surface area contributed by atoms with Gasteiger partial charge in [0.05, 0.1) is 6.04 Å². The summed E-state index contributed by atoms with van der Waals surface area (Å²) >= 11 is 0. The number of likely N-dealkylation sites (tertiary alicyclic amines) is 1. The number of nitrogens with two attached hydrogens (primary N) is 1. The number of hydrogen-bond acceptors (Lipinski definition) is 4. The first kappa shape index (κ1) is 20.2. The SMILES string of the molecule is CC(C)[C@H](N)C(=O)N1CCCC[C@@H]1CN(C)C(=O)OCc1ccccc1. The molecule has 0 aliphatic carbocycles. The summed E-state index contributed by atoms with van der Waals surface area (Å²) in [7, 11) is 1.72. The Kier molecular flexibility index (Phi) is 7.45. The van der Waals surface area contributed by atoms with Crippen LogP contribution in [-0.4, -0.2) is 54.0 Å². The van der Waals surface area contributed by atoms with Crippen LogP contribution < -0.4 is 5.73 Å². The molecule has 0 aromatic heterocycles. The van der Waals surface area contributed by atoms with Gasteiger partial charge in [-0.25, -0.2) is 4.79 Å². The van der Waals surface area contributed by atoms with Gasteiger partial charge in [0, 0.05) is 26.2 Å². The van der Waals surface area contributed by atoms with Crippen molar-refractivity contribution in [3.05, 3.63) is 35.9 Å². The monoisotopic (exact) mass is 361 g/mol. The molecular formula is C20H31N3O3. The van der Waals surface area contributed by atoms with E-state index in [0.29, 0.717) is 13.1 Å². The number of nitrogens with zero attached hydrogens (tertiary/aromatic N) is 2. The molecular weight excluding hydrogens is 330 g/mol. The Balaban J connectivity index is 1.91. The molecule has 2 amide bonds. The highest BCUT2D eigenvalue weighted by molar-refractivity contribution is 5.82. The highest BCUT2D eigenvalue weighted by Gasteiger charge is 2.32. The third-order valence-electron chi connectivity index (χ3n) is 4.92. The van der Waals surface area contributed by atoms with Gasteiger partial charge >= 0.3 is 6.09 Å². The molecule has 6 nitrogen and oxygen atoms in total. The van der Waals surface area contributed by atoms with E-state index in [2.05, 4.69) is 0 Å². The molecule has 2 atom stereocenters. The van der Waals surface area contributed by atoms with E-state index < -0.39 is 6.04 Å². The third-order valence-corrected chi connectivity index (χ3v) is 4.92. The van der Waals surface area contributed by atoms with Crippen molar-refractivity contribution in [3.63, 3.8) is 0 Å². The molecule has 1 aromatic rings. The minimum atomic E-state index is -0.495. The molecule has 1 aliphatic heterocycles. The predicted molar refractivity (Wildman–Crippen MR) is 101 cm³/mol. The van der Waals surface area contributed by atoms with E-state index in [1.807, 2.05) is 49.1 Å². The van der Waals surface area contributed by atoms with Crippen molar-refractivity contribution in [3.8, 4) is 0 Å². The van der Waals surface area contributed by atoms with Crippen LogP contribution in [0.3, 0.4) is 0 Å². The fraction of sp³-hybridized carbons (Fsp3) is 0.600. The van der Waals surface area contributed by atoms with Crippen LogP contribution in [0.4, 0.5) is 4.79 Å². The van der Waals surface area contributed by atoms with Crippen LogP contribution in [0.1, 0.15) is 38.7 Å². The Morgan fingerprint density at radius 1 is 1.27 bits per heavy atom. The highest BCUT2D eigenvalue weighted by Crippen LogP contribution is 2.20. The first-order valence-electron chi connectivity index (χ1n) is 9.38. The molecule has 1 heterocycles. The maximum absolute atomic E-state index is 12.7. The number of carbonyl (C=O) groups is 2. The van der Waals surface area contributed by atoms with E-state index in [9.17, 15) is 9.59 Å². The number of hydrogen-bond donors (Lipinski definition) is 1. The molecule has 1 fully saturated rings. The van der Waals surface area contributed by atoms with Crippen molar-refractivity contribution in [2.75, 3.05) is 20.1 Å². The van der Waals surface area contributed by atoms with E-state index in [1.54, 1.807) is 11.9 Å². The van der Waals surface area contributed by atoms with Crippen LogP contribution in [-0.2, 0) is 16.1 Å². The molecule has 2 rings (SSSR count). The fourth-order valence-electron chi connectivity index (χ4n) is 3.18. The van der Waals surface area contributed by atoms with Gasteiger partial charge in [0.1, 0.15) is 6.61 Å². The molecule has 0 spiro atoms. The summed E-state index contributed by atoms with van der Waals surface area (Å²) in [5, 5.41) is 0. The van der Waals surface area contributed by atoms with E-state index in [4.69, 9.17) is 10.5 Å². The van der Waals surface area contributed by atoms with Crippen molar-refractivity contribution >= 4 is 12.0 Å². The van der Waals surface area contributed by atoms with Gasteiger partial charge in [-0.05, 0) is 30.7 Å². The number of piperidine rings is 1. The number of amides is 2. The number of carbonyl (C=O) groups excluding carboxylic acids is 2. The number of rotatable bonds is 6. The number of likely N-dealkylation sites (N-methyl/N-ethyl adjacent to an activating group) is 1. The molecule has 144 valence electrons. The largest absolute Gasteiger partial charge is 0.445 e. The standard InChI is InChI=1S/C20H31N3O3/c1-15(2)18(21)19(24)23-12-8-7-11-17(23)13-22(3)20(25)26-14-16-9-5-4-6-10-16/h4-6,9-10,15,17-18H,7-8,11-14,21H2,1-3H3/t17-,18+/m1/s1. The molecule has 0 unspecified atom stereocenters. The van der Waals surface area contributed by atoms with Crippen molar-refractivity contribution in [2.24, 2.45) is 11.7 Å². The lowest BCUT2D eigenvalue weighted by atomic mass is 9.97. The zero-order chi connectivity index (χ0) is 19.1. The lowest BCUT2D eigenvalue weighted by Gasteiger charge is -2.39. The molecule has 1 saturated heterocycles. The Morgan fingerprint density at radius 2 is 1.96 bits per heavy atom. The Hall–Kier alpha value is -2.08. The fourth-order valence-corrected chi connectivity index (χ4v) is 3.18. The molecule has 6 heteroatoms. The van der Waals surface area contributed by atoms with Gasteiger partial charge in [-0.2, -0.15) is 0 Å². The summed E-state index contributed by atoms with van der Waals surface area (Å²) in [5.41, 5.74) is 7.01. The van der Waals surface area contributed by atoms with Gasteiger partial charge in [0.25, 0.3) is 0 Å². The van der Waals surface area contributed by atoms with Crippen LogP contribution in [0.15, 0.2) is 30.3 Å². The van der Waals surface area contributed by atoms with Crippen LogP contribution in [0.2, 0.25) is 0 Å². The third kappa shape index (κ3) is 5.46. The zero-order valence-electron chi connectivity index (χ0n) is 16.1. The summed E-state index contributed by atoms with van der Waals surface area (Å²) < 4.78 is 5.37. The van der Waals surface area contributed by atoms with E-state index >= 15 is 0 Å². The van der Waals surface area contributed by atoms with Crippen molar-refractivity contribution < 1.29 is 14.3 Å². The summed E-state index contributed by atoms with van der Waals surface area (Å²) in [4.78, 5) is 28.4. The van der Waals surface area contributed by atoms with Crippen LogP contribution >= 0.6 is 0 Å². The van der Waals surface area contributed by atoms with Gasteiger partial charge in [-0.15, -0.1) is 0 Å². The molecule has 1 aromatic carbocycles. The van der Waals surface area contributed by atoms with Gasteiger partial charge in [-0.1, -0.05) is 44.2 Å². The second-order valence-electron chi connectivity index (χ2n) is 7.37. The molecule has 0 saturated carbocycles. The summed E-state index contributed by atoms with van der Waals surface area (Å²) in [6.45, 7) is 5.32. The number of benzene rings is 1. The Labute approximate surface area is 156 Å². The topological polar surface area (TPSA) is 75.9 Å². The number of ether oxygens (including phenoxy) is 1. The molecule has 0 radical (unpaired) electrons. The summed E-state index contributed by atoms with van der Waals surface area (Å²) in [5.74, 6) is 0.0781. The van der Waals surface area contributed by atoms with E-state index in [1.165, 1.54) is 0 Å². The van der Waals surface area contributed by atoms with Crippen molar-refractivity contribution in [1.29, 1.82) is 0 Å². The maximum Gasteiger partial charge on any atom is 0.409 e. The zero-order valence-corrected chi connectivity index (χ0v) is 16.1. The molecule has 0 bridgehead atoms. The lowest BCUT2D eigenvalue weighted by molar-refractivity contribution is -0.137. The lowest BCUT2D eigenvalue weighted by Crippen LogP contribution is -2.55. The maximum atomic E-state index is 12.7. The van der Waals surface area contributed by atoms with Crippen molar-refractivity contribution in [1.82, 2.24) is 9.80 Å².